The molecule has 1 aromatic carbocycles. The molecule has 2 aromatic heterocycles. The van der Waals surface area contributed by atoms with E-state index in [0.717, 1.165) is 0 Å². The summed E-state index contributed by atoms with van der Waals surface area (Å²) in [6.07, 6.45) is -1.90. The van der Waals surface area contributed by atoms with E-state index in [1.165, 1.54) is 42.8 Å². The van der Waals surface area contributed by atoms with Crippen molar-refractivity contribution in [3.8, 4) is 28.5 Å². The van der Waals surface area contributed by atoms with Crippen molar-refractivity contribution in [2.45, 2.75) is 20.2 Å². The van der Waals surface area contributed by atoms with Crippen molar-refractivity contribution in [2.24, 2.45) is 0 Å². The molecule has 0 aliphatic carbocycles. The van der Waals surface area contributed by atoms with Crippen LogP contribution in [0.1, 0.15) is 13.8 Å². The van der Waals surface area contributed by atoms with Crippen molar-refractivity contribution < 1.29 is 22.3 Å². The minimum absolute atomic E-state index is 0.249. The number of hydrogen-bond donors (Lipinski definition) is 1. The zero-order valence-corrected chi connectivity index (χ0v) is 13.4. The number of aromatic amines is 1. The molecule has 1 N–H and O–H groups in total. The van der Waals surface area contributed by atoms with Crippen LogP contribution in [0.2, 0.25) is 0 Å². The first-order chi connectivity index (χ1) is 11.9. The van der Waals surface area contributed by atoms with Gasteiger partial charge in [-0.3, -0.25) is 4.79 Å². The second kappa shape index (κ2) is 7.69. The number of oxazole rings is 1. The molecule has 0 saturated carbocycles. The molecular weight excluding hydrogens is 337 g/mol. The van der Waals surface area contributed by atoms with E-state index in [1.54, 1.807) is 6.07 Å². The fourth-order valence-electron chi connectivity index (χ4n) is 1.91. The van der Waals surface area contributed by atoms with Gasteiger partial charge in [0.2, 0.25) is 11.4 Å². The highest BCUT2D eigenvalue weighted by Crippen LogP contribution is 2.27. The van der Waals surface area contributed by atoms with Crippen LogP contribution in [0.4, 0.5) is 13.2 Å². The minimum atomic E-state index is -4.73. The van der Waals surface area contributed by atoms with Crippen molar-refractivity contribution in [2.75, 3.05) is 0 Å². The van der Waals surface area contributed by atoms with E-state index < -0.39 is 6.36 Å². The topological polar surface area (TPSA) is 68.1 Å². The van der Waals surface area contributed by atoms with Crippen LogP contribution in [0.5, 0.6) is 5.75 Å². The zero-order chi connectivity index (χ0) is 18.4. The first-order valence-electron chi connectivity index (χ1n) is 7.41. The smallest absolute Gasteiger partial charge is 0.444 e. The van der Waals surface area contributed by atoms with Crippen LogP contribution < -0.4 is 10.3 Å². The molecule has 8 heteroatoms. The summed E-state index contributed by atoms with van der Waals surface area (Å²) in [5.41, 5.74) is 1.34. The molecule has 0 radical (unpaired) electrons. The van der Waals surface area contributed by atoms with Crippen molar-refractivity contribution >= 4 is 0 Å². The molecule has 0 aliphatic rings. The van der Waals surface area contributed by atoms with E-state index >= 15 is 0 Å². The summed E-state index contributed by atoms with van der Waals surface area (Å²) in [4.78, 5) is 17.7. The Kier molecular flexibility index (Phi) is 5.63. The molecule has 132 valence electrons. The molecule has 5 nitrogen and oxygen atoms in total. The average Bonchev–Trinajstić information content (AvgIpc) is 3.07. The lowest BCUT2D eigenvalue weighted by atomic mass is 10.2. The third kappa shape index (κ3) is 4.97. The van der Waals surface area contributed by atoms with Gasteiger partial charge in [0.05, 0.1) is 5.56 Å². The van der Waals surface area contributed by atoms with Gasteiger partial charge in [-0.25, -0.2) is 4.98 Å². The molecule has 2 heterocycles. The maximum Gasteiger partial charge on any atom is 0.573 e. The van der Waals surface area contributed by atoms with Crippen LogP contribution in [0.15, 0.2) is 58.1 Å². The van der Waals surface area contributed by atoms with Crippen molar-refractivity contribution in [1.29, 1.82) is 0 Å². The van der Waals surface area contributed by atoms with Gasteiger partial charge in [0.1, 0.15) is 17.7 Å². The fourth-order valence-corrected chi connectivity index (χ4v) is 1.91. The number of benzene rings is 1. The molecule has 0 fully saturated rings. The first-order valence-corrected chi connectivity index (χ1v) is 7.41. The van der Waals surface area contributed by atoms with Gasteiger partial charge in [-0.15, -0.1) is 13.2 Å². The number of halogens is 3. The number of nitrogens with one attached hydrogen (secondary N) is 1. The van der Waals surface area contributed by atoms with Crippen LogP contribution in [-0.4, -0.2) is 16.3 Å². The largest absolute Gasteiger partial charge is 0.573 e. The predicted octanol–water partition coefficient (Wildman–Crippen LogP) is 4.62. The number of rotatable bonds is 3. The van der Waals surface area contributed by atoms with Crippen LogP contribution in [0.25, 0.3) is 22.7 Å². The highest BCUT2D eigenvalue weighted by Gasteiger charge is 2.31. The monoisotopic (exact) mass is 352 g/mol. The second-order valence-corrected chi connectivity index (χ2v) is 4.55. The Hall–Kier alpha value is -3.03. The van der Waals surface area contributed by atoms with E-state index in [1.807, 2.05) is 13.8 Å². The lowest BCUT2D eigenvalue weighted by molar-refractivity contribution is -0.274. The Morgan fingerprint density at radius 3 is 2.24 bits per heavy atom. The Morgan fingerprint density at radius 1 is 1.04 bits per heavy atom. The number of aromatic nitrogens is 2. The van der Waals surface area contributed by atoms with E-state index in [2.05, 4.69) is 14.7 Å². The molecule has 25 heavy (non-hydrogen) atoms. The van der Waals surface area contributed by atoms with Gasteiger partial charge in [-0.05, 0) is 30.3 Å². The third-order valence-corrected chi connectivity index (χ3v) is 2.92. The van der Waals surface area contributed by atoms with Crippen LogP contribution in [0.3, 0.4) is 0 Å². The van der Waals surface area contributed by atoms with E-state index in [-0.39, 0.29) is 17.2 Å². The molecule has 0 amide bonds. The maximum atomic E-state index is 12.1. The Balaban J connectivity index is 0.00000109. The molecule has 0 aliphatic heterocycles. The van der Waals surface area contributed by atoms with Crippen LogP contribution in [-0.2, 0) is 0 Å². The Bertz CT molecular complexity index is 847. The summed E-state index contributed by atoms with van der Waals surface area (Å²) >= 11 is 0. The molecule has 0 bridgehead atoms. The second-order valence-electron chi connectivity index (χ2n) is 4.55. The minimum Gasteiger partial charge on any atom is -0.444 e. The van der Waals surface area contributed by atoms with Gasteiger partial charge in [-0.1, -0.05) is 13.8 Å². The summed E-state index contributed by atoms with van der Waals surface area (Å²) < 4.78 is 45.4. The average molecular weight is 352 g/mol. The van der Waals surface area contributed by atoms with Crippen LogP contribution >= 0.6 is 0 Å². The lowest BCUT2D eigenvalue weighted by Crippen LogP contribution is -2.16. The summed E-state index contributed by atoms with van der Waals surface area (Å²) in [7, 11) is 0. The van der Waals surface area contributed by atoms with Gasteiger partial charge in [0.25, 0.3) is 0 Å². The van der Waals surface area contributed by atoms with Crippen molar-refractivity contribution in [3.05, 3.63) is 59.2 Å². The zero-order valence-electron chi connectivity index (χ0n) is 13.4. The molecule has 3 rings (SSSR count). The van der Waals surface area contributed by atoms with E-state index in [0.29, 0.717) is 16.8 Å². The SMILES string of the molecule is CC.O=c1ccc(-c2nc(-c3ccc(OC(F)(F)F)cc3)co2)c[nH]1. The number of ether oxygens (including phenoxy) is 1. The molecule has 0 unspecified atom stereocenters. The predicted molar refractivity (Wildman–Crippen MR) is 86.0 cm³/mol. The van der Waals surface area contributed by atoms with E-state index in [4.69, 9.17) is 4.42 Å². The fraction of sp³-hybridized carbons (Fsp3) is 0.176. The molecule has 3 aromatic rings. The highest BCUT2D eigenvalue weighted by atomic mass is 19.4. The number of pyridine rings is 1. The quantitative estimate of drug-likeness (QED) is 0.747. The number of alkyl halides is 3. The van der Waals surface area contributed by atoms with Gasteiger partial charge in [0, 0.05) is 17.8 Å². The molecular formula is C17H15F3N2O3. The maximum absolute atomic E-state index is 12.1. The summed E-state index contributed by atoms with van der Waals surface area (Å²) in [5.74, 6) is -0.0301. The Morgan fingerprint density at radius 2 is 1.68 bits per heavy atom. The highest BCUT2D eigenvalue weighted by molar-refractivity contribution is 5.62. The Labute approximate surface area is 141 Å². The van der Waals surface area contributed by atoms with E-state index in [9.17, 15) is 18.0 Å². The molecule has 0 atom stereocenters. The molecule has 0 spiro atoms. The summed E-state index contributed by atoms with van der Waals surface area (Å²) in [5, 5.41) is 0. The van der Waals surface area contributed by atoms with Crippen molar-refractivity contribution in [1.82, 2.24) is 9.97 Å². The van der Waals surface area contributed by atoms with Crippen LogP contribution in [0, 0.1) is 0 Å². The lowest BCUT2D eigenvalue weighted by Gasteiger charge is -2.08. The van der Waals surface area contributed by atoms with Crippen molar-refractivity contribution in [3.63, 3.8) is 0 Å². The third-order valence-electron chi connectivity index (χ3n) is 2.92. The van der Waals surface area contributed by atoms with Gasteiger partial charge >= 0.3 is 6.36 Å². The number of nitrogens with zero attached hydrogens (tertiary/aromatic N) is 1. The first kappa shape index (κ1) is 18.3. The number of H-pyrrole nitrogens is 1. The molecule has 0 saturated heterocycles. The summed E-state index contributed by atoms with van der Waals surface area (Å²) in [6, 6.07) is 8.15. The normalized spacial score (nSPS) is 10.8. The van der Waals surface area contributed by atoms with Gasteiger partial charge < -0.3 is 14.1 Å². The summed E-state index contributed by atoms with van der Waals surface area (Å²) in [6.45, 7) is 4.00. The van der Waals surface area contributed by atoms with Gasteiger partial charge in [0.15, 0.2) is 0 Å². The standard InChI is InChI=1S/C15H9F3N2O3.C2H6/c16-15(17,18)23-11-4-1-9(2-5-11)12-8-22-14(20-12)10-3-6-13(21)19-7-10;1-2/h1-8H,(H,19,21);1-2H3. The van der Waals surface area contributed by atoms with Gasteiger partial charge in [-0.2, -0.15) is 0 Å². The number of hydrogen-bond acceptors (Lipinski definition) is 4.